The summed E-state index contributed by atoms with van der Waals surface area (Å²) in [5, 5.41) is 10.6. The summed E-state index contributed by atoms with van der Waals surface area (Å²) in [5.41, 5.74) is 1.07. The number of esters is 1. The number of carbonyl (C=O) groups is 1. The number of aliphatic hydroxyl groups is 1. The topological polar surface area (TPSA) is 65.0 Å². The van der Waals surface area contributed by atoms with Crippen LogP contribution in [0.3, 0.4) is 0 Å². The summed E-state index contributed by atoms with van der Waals surface area (Å²) < 4.78 is 15.9. The molecule has 1 aromatic carbocycles. The second-order valence-electron chi connectivity index (χ2n) is 5.03. The Morgan fingerprint density at radius 2 is 2.10 bits per heavy atom. The first-order valence-electron chi connectivity index (χ1n) is 6.93. The smallest absolute Gasteiger partial charge is 0.339 e. The summed E-state index contributed by atoms with van der Waals surface area (Å²) in [4.78, 5) is 11.8. The van der Waals surface area contributed by atoms with Crippen LogP contribution < -0.4 is 9.47 Å². The Labute approximate surface area is 128 Å². The van der Waals surface area contributed by atoms with Gasteiger partial charge in [0.2, 0.25) is 0 Å². The highest BCUT2D eigenvalue weighted by Gasteiger charge is 2.29. The Kier molecular flexibility index (Phi) is 4.96. The van der Waals surface area contributed by atoms with Crippen LogP contribution >= 0.6 is 11.6 Å². The Bertz CT molecular complexity index is 541. The number of hydrogen-bond acceptors (Lipinski definition) is 5. The molecule has 21 heavy (non-hydrogen) atoms. The zero-order valence-electron chi connectivity index (χ0n) is 12.3. The molecule has 0 radical (unpaired) electrons. The molecule has 0 bridgehead atoms. The fourth-order valence-corrected chi connectivity index (χ4v) is 2.81. The molecule has 0 aliphatic carbocycles. The van der Waals surface area contributed by atoms with E-state index in [2.05, 4.69) is 0 Å². The first kappa shape index (κ1) is 15.9. The van der Waals surface area contributed by atoms with Crippen LogP contribution in [-0.2, 0) is 9.53 Å². The van der Waals surface area contributed by atoms with Gasteiger partial charge in [-0.2, -0.15) is 0 Å². The molecular formula is C15H19ClO5. The van der Waals surface area contributed by atoms with Gasteiger partial charge in [0, 0.05) is 5.56 Å². The second-order valence-corrected chi connectivity index (χ2v) is 5.40. The summed E-state index contributed by atoms with van der Waals surface area (Å²) in [6.07, 6.45) is -1.39. The Balaban J connectivity index is 2.53. The van der Waals surface area contributed by atoms with Crippen molar-refractivity contribution in [3.8, 4) is 11.5 Å². The number of aliphatic hydroxyl groups excluding tert-OH is 1. The van der Waals surface area contributed by atoms with Gasteiger partial charge in [0.1, 0.15) is 13.2 Å². The molecule has 1 atom stereocenters. The molecule has 1 unspecified atom stereocenters. The van der Waals surface area contributed by atoms with Crippen molar-refractivity contribution < 1.29 is 24.1 Å². The third-order valence-electron chi connectivity index (χ3n) is 3.23. The zero-order valence-corrected chi connectivity index (χ0v) is 13.1. The lowest BCUT2D eigenvalue weighted by atomic mass is 9.92. The van der Waals surface area contributed by atoms with E-state index in [0.717, 1.165) is 0 Å². The SMILES string of the molecule is CCOC(=O)C(O)c1cc2c(c(Cl)c1C(C)C)OCCO2. The quantitative estimate of drug-likeness (QED) is 0.866. The molecule has 0 saturated carbocycles. The third-order valence-corrected chi connectivity index (χ3v) is 3.60. The molecule has 1 aliphatic rings. The van der Waals surface area contributed by atoms with E-state index in [1.165, 1.54) is 0 Å². The molecule has 5 nitrogen and oxygen atoms in total. The zero-order chi connectivity index (χ0) is 15.6. The summed E-state index contributed by atoms with van der Waals surface area (Å²) in [7, 11) is 0. The molecule has 0 aromatic heterocycles. The van der Waals surface area contributed by atoms with Gasteiger partial charge in [-0.25, -0.2) is 4.79 Å². The van der Waals surface area contributed by atoms with E-state index < -0.39 is 12.1 Å². The molecular weight excluding hydrogens is 296 g/mol. The normalized spacial score (nSPS) is 15.0. The average molecular weight is 315 g/mol. The number of rotatable bonds is 4. The fraction of sp³-hybridized carbons (Fsp3) is 0.533. The standard InChI is InChI=1S/C15H19ClO5/c1-4-19-15(18)13(17)9-7-10-14(21-6-5-20-10)12(16)11(9)8(2)3/h7-8,13,17H,4-6H2,1-3H3. The predicted octanol–water partition coefficient (Wildman–Crippen LogP) is 2.83. The van der Waals surface area contributed by atoms with Crippen molar-refractivity contribution in [2.24, 2.45) is 0 Å². The van der Waals surface area contributed by atoms with Crippen molar-refractivity contribution in [2.45, 2.75) is 32.8 Å². The maximum Gasteiger partial charge on any atom is 0.339 e. The molecule has 0 spiro atoms. The number of hydrogen-bond donors (Lipinski definition) is 1. The van der Waals surface area contributed by atoms with E-state index in [0.29, 0.717) is 40.9 Å². The van der Waals surface area contributed by atoms with Crippen molar-refractivity contribution in [3.05, 3.63) is 22.2 Å². The second kappa shape index (κ2) is 6.54. The molecule has 0 saturated heterocycles. The lowest BCUT2D eigenvalue weighted by Gasteiger charge is -2.25. The Morgan fingerprint density at radius 1 is 1.43 bits per heavy atom. The first-order chi connectivity index (χ1) is 9.97. The van der Waals surface area contributed by atoms with Gasteiger partial charge in [0.25, 0.3) is 0 Å². The average Bonchev–Trinajstić information content (AvgIpc) is 2.46. The van der Waals surface area contributed by atoms with Gasteiger partial charge in [-0.1, -0.05) is 25.4 Å². The highest BCUT2D eigenvalue weighted by Crippen LogP contribution is 2.45. The number of ether oxygens (including phenoxy) is 3. The third kappa shape index (κ3) is 3.09. The van der Waals surface area contributed by atoms with Crippen LogP contribution in [0.25, 0.3) is 0 Å². The van der Waals surface area contributed by atoms with E-state index in [9.17, 15) is 9.90 Å². The summed E-state index contributed by atoms with van der Waals surface area (Å²) in [6, 6.07) is 1.61. The molecule has 1 heterocycles. The van der Waals surface area contributed by atoms with Gasteiger partial charge >= 0.3 is 5.97 Å². The van der Waals surface area contributed by atoms with Crippen LogP contribution in [0.4, 0.5) is 0 Å². The van der Waals surface area contributed by atoms with Gasteiger partial charge in [-0.05, 0) is 24.5 Å². The minimum Gasteiger partial charge on any atom is -0.486 e. The molecule has 0 fully saturated rings. The fourth-order valence-electron chi connectivity index (χ4n) is 2.34. The largest absolute Gasteiger partial charge is 0.486 e. The van der Waals surface area contributed by atoms with E-state index in [1.807, 2.05) is 13.8 Å². The molecule has 0 amide bonds. The van der Waals surface area contributed by atoms with Gasteiger partial charge in [-0.15, -0.1) is 0 Å². The Morgan fingerprint density at radius 3 is 2.71 bits per heavy atom. The van der Waals surface area contributed by atoms with E-state index in [-0.39, 0.29) is 12.5 Å². The Hall–Kier alpha value is -1.46. The van der Waals surface area contributed by atoms with E-state index in [1.54, 1.807) is 13.0 Å². The monoisotopic (exact) mass is 314 g/mol. The minimum atomic E-state index is -1.39. The number of fused-ring (bicyclic) bond motifs is 1. The van der Waals surface area contributed by atoms with Crippen LogP contribution in [0.15, 0.2) is 6.07 Å². The van der Waals surface area contributed by atoms with Crippen LogP contribution in [0.5, 0.6) is 11.5 Å². The number of carbonyl (C=O) groups excluding carboxylic acids is 1. The molecule has 2 rings (SSSR count). The van der Waals surface area contributed by atoms with Crippen LogP contribution in [0, 0.1) is 0 Å². The van der Waals surface area contributed by atoms with Crippen molar-refractivity contribution in [3.63, 3.8) is 0 Å². The maximum absolute atomic E-state index is 11.8. The highest BCUT2D eigenvalue weighted by atomic mass is 35.5. The number of halogens is 1. The summed E-state index contributed by atoms with van der Waals surface area (Å²) in [6.45, 7) is 6.57. The van der Waals surface area contributed by atoms with Gasteiger partial charge in [0.15, 0.2) is 17.6 Å². The molecule has 1 N–H and O–H groups in total. The van der Waals surface area contributed by atoms with Crippen molar-refractivity contribution in [1.82, 2.24) is 0 Å². The van der Waals surface area contributed by atoms with Crippen molar-refractivity contribution in [2.75, 3.05) is 19.8 Å². The summed E-state index contributed by atoms with van der Waals surface area (Å²) in [5.74, 6) is 0.208. The van der Waals surface area contributed by atoms with Gasteiger partial charge in [0.05, 0.1) is 11.6 Å². The predicted molar refractivity (Wildman–Crippen MR) is 78.1 cm³/mol. The van der Waals surface area contributed by atoms with E-state index in [4.69, 9.17) is 25.8 Å². The van der Waals surface area contributed by atoms with E-state index >= 15 is 0 Å². The maximum atomic E-state index is 11.8. The molecule has 1 aliphatic heterocycles. The van der Waals surface area contributed by atoms with Gasteiger partial charge in [-0.3, -0.25) is 0 Å². The minimum absolute atomic E-state index is 0.00685. The van der Waals surface area contributed by atoms with Crippen LogP contribution in [0.1, 0.15) is 43.9 Å². The van der Waals surface area contributed by atoms with Crippen molar-refractivity contribution >= 4 is 17.6 Å². The summed E-state index contributed by atoms with van der Waals surface area (Å²) >= 11 is 6.38. The molecule has 116 valence electrons. The lowest BCUT2D eigenvalue weighted by molar-refractivity contribution is -0.153. The highest BCUT2D eigenvalue weighted by molar-refractivity contribution is 6.33. The molecule has 6 heteroatoms. The van der Waals surface area contributed by atoms with Crippen LogP contribution in [-0.4, -0.2) is 30.9 Å². The number of benzene rings is 1. The van der Waals surface area contributed by atoms with Gasteiger partial charge < -0.3 is 19.3 Å². The first-order valence-corrected chi connectivity index (χ1v) is 7.31. The van der Waals surface area contributed by atoms with Crippen molar-refractivity contribution in [1.29, 1.82) is 0 Å². The molecule has 1 aromatic rings. The van der Waals surface area contributed by atoms with Crippen LogP contribution in [0.2, 0.25) is 5.02 Å². The lowest BCUT2D eigenvalue weighted by Crippen LogP contribution is -2.20.